The summed E-state index contributed by atoms with van der Waals surface area (Å²) in [7, 11) is 0. The predicted octanol–water partition coefficient (Wildman–Crippen LogP) is 3.54. The van der Waals surface area contributed by atoms with Crippen molar-refractivity contribution in [3.05, 3.63) is 33.6 Å². The van der Waals surface area contributed by atoms with Crippen LogP contribution in [0, 0.1) is 0 Å². The van der Waals surface area contributed by atoms with Crippen molar-refractivity contribution in [3.63, 3.8) is 0 Å². The number of benzene rings is 1. The summed E-state index contributed by atoms with van der Waals surface area (Å²) >= 11 is 5.20. The number of rotatable bonds is 1. The van der Waals surface area contributed by atoms with E-state index in [0.29, 0.717) is 6.54 Å². The highest BCUT2D eigenvalue weighted by atomic mass is 79.9. The Morgan fingerprint density at radius 1 is 1.31 bits per heavy atom. The van der Waals surface area contributed by atoms with Gasteiger partial charge in [0.15, 0.2) is 0 Å². The van der Waals surface area contributed by atoms with Gasteiger partial charge in [0.1, 0.15) is 0 Å². The van der Waals surface area contributed by atoms with Crippen LogP contribution in [0.2, 0.25) is 0 Å². The summed E-state index contributed by atoms with van der Waals surface area (Å²) in [6, 6.07) is 8.43. The van der Waals surface area contributed by atoms with Crippen molar-refractivity contribution in [1.29, 1.82) is 0 Å². The van der Waals surface area contributed by atoms with Gasteiger partial charge in [0.25, 0.3) is 0 Å². The number of thiophene rings is 1. The highest BCUT2D eigenvalue weighted by molar-refractivity contribution is 9.10. The van der Waals surface area contributed by atoms with Crippen LogP contribution in [-0.4, -0.2) is 0 Å². The standard InChI is InChI=1S/C9H8BrNS.ClH/c10-7-1-2-9-6(3-7)4-8(5-11)12-9;/h1-4H,5,11H2;1H. The van der Waals surface area contributed by atoms with Gasteiger partial charge in [0, 0.05) is 20.6 Å². The van der Waals surface area contributed by atoms with Crippen molar-refractivity contribution in [2.45, 2.75) is 6.54 Å². The maximum atomic E-state index is 5.55. The molecule has 0 fully saturated rings. The molecule has 2 aromatic rings. The van der Waals surface area contributed by atoms with Crippen LogP contribution in [0.5, 0.6) is 0 Å². The van der Waals surface area contributed by atoms with Crippen LogP contribution in [-0.2, 0) is 6.54 Å². The van der Waals surface area contributed by atoms with E-state index in [1.807, 2.05) is 0 Å². The van der Waals surface area contributed by atoms with Crippen molar-refractivity contribution in [2.24, 2.45) is 5.73 Å². The number of hydrogen-bond donors (Lipinski definition) is 1. The summed E-state index contributed by atoms with van der Waals surface area (Å²) in [6.45, 7) is 0.636. The number of halogens is 2. The third kappa shape index (κ3) is 2.23. The zero-order valence-electron chi connectivity index (χ0n) is 6.79. The predicted molar refractivity (Wildman–Crippen MR) is 64.7 cm³/mol. The minimum Gasteiger partial charge on any atom is -0.326 e. The van der Waals surface area contributed by atoms with E-state index in [-0.39, 0.29) is 12.4 Å². The van der Waals surface area contributed by atoms with E-state index in [4.69, 9.17) is 5.73 Å². The van der Waals surface area contributed by atoms with Crippen LogP contribution in [0.25, 0.3) is 10.1 Å². The first-order valence-corrected chi connectivity index (χ1v) is 5.28. The number of hydrogen-bond acceptors (Lipinski definition) is 2. The molecule has 0 saturated carbocycles. The third-order valence-electron chi connectivity index (χ3n) is 1.73. The Labute approximate surface area is 95.5 Å². The zero-order chi connectivity index (χ0) is 8.55. The van der Waals surface area contributed by atoms with Gasteiger partial charge in [0.2, 0.25) is 0 Å². The van der Waals surface area contributed by atoms with Gasteiger partial charge in [-0.2, -0.15) is 0 Å². The molecule has 2 N–H and O–H groups in total. The molecule has 0 atom stereocenters. The van der Waals surface area contributed by atoms with Gasteiger partial charge in [-0.3, -0.25) is 0 Å². The molecule has 0 aliphatic carbocycles. The van der Waals surface area contributed by atoms with Gasteiger partial charge in [-0.05, 0) is 29.7 Å². The monoisotopic (exact) mass is 277 g/mol. The summed E-state index contributed by atoms with van der Waals surface area (Å²) in [5, 5.41) is 1.27. The molecule has 1 nitrogen and oxygen atoms in total. The van der Waals surface area contributed by atoms with E-state index in [1.54, 1.807) is 11.3 Å². The van der Waals surface area contributed by atoms with Gasteiger partial charge in [-0.1, -0.05) is 15.9 Å². The van der Waals surface area contributed by atoms with Crippen LogP contribution in [0.4, 0.5) is 0 Å². The van der Waals surface area contributed by atoms with Crippen molar-refractivity contribution in [2.75, 3.05) is 0 Å². The first-order chi connectivity index (χ1) is 5.79. The molecule has 1 aromatic heterocycles. The van der Waals surface area contributed by atoms with E-state index >= 15 is 0 Å². The summed E-state index contributed by atoms with van der Waals surface area (Å²) in [5.74, 6) is 0. The fourth-order valence-corrected chi connectivity index (χ4v) is 2.47. The lowest BCUT2D eigenvalue weighted by Crippen LogP contribution is -1.90. The Bertz CT molecular complexity index is 413. The molecule has 1 heterocycles. The van der Waals surface area contributed by atoms with E-state index in [1.165, 1.54) is 15.0 Å². The minimum atomic E-state index is 0. The third-order valence-corrected chi connectivity index (χ3v) is 3.36. The second-order valence-corrected chi connectivity index (χ2v) is 4.68. The minimum absolute atomic E-state index is 0. The van der Waals surface area contributed by atoms with Gasteiger partial charge < -0.3 is 5.73 Å². The number of nitrogens with two attached hydrogens (primary N) is 1. The molecule has 0 saturated heterocycles. The molecule has 70 valence electrons. The molecule has 0 aliphatic rings. The Balaban J connectivity index is 0.000000845. The topological polar surface area (TPSA) is 26.0 Å². The van der Waals surface area contributed by atoms with Crippen LogP contribution in [0.15, 0.2) is 28.7 Å². The van der Waals surface area contributed by atoms with Crippen molar-refractivity contribution >= 4 is 49.8 Å². The van der Waals surface area contributed by atoms with Crippen molar-refractivity contribution < 1.29 is 0 Å². The normalized spacial score (nSPS) is 10.0. The molecule has 0 amide bonds. The fourth-order valence-electron chi connectivity index (χ4n) is 1.17. The lowest BCUT2D eigenvalue weighted by Gasteiger charge is -1.88. The van der Waals surface area contributed by atoms with Gasteiger partial charge in [0.05, 0.1) is 0 Å². The van der Waals surface area contributed by atoms with Crippen molar-refractivity contribution in [3.8, 4) is 0 Å². The second kappa shape index (κ2) is 4.42. The van der Waals surface area contributed by atoms with E-state index in [0.717, 1.165) is 4.47 Å². The van der Waals surface area contributed by atoms with E-state index < -0.39 is 0 Å². The van der Waals surface area contributed by atoms with Gasteiger partial charge in [-0.25, -0.2) is 0 Å². The fraction of sp³-hybridized carbons (Fsp3) is 0.111. The second-order valence-electron chi connectivity index (χ2n) is 2.60. The summed E-state index contributed by atoms with van der Waals surface area (Å²) in [6.07, 6.45) is 0. The average molecular weight is 279 g/mol. The Kier molecular flexibility index (Phi) is 3.74. The largest absolute Gasteiger partial charge is 0.326 e. The SMILES string of the molecule is Cl.NCc1cc2cc(Br)ccc2s1. The Hall–Kier alpha value is -0.0900. The number of fused-ring (bicyclic) bond motifs is 1. The van der Waals surface area contributed by atoms with Crippen LogP contribution in [0.3, 0.4) is 0 Å². The molecule has 0 bridgehead atoms. The van der Waals surface area contributed by atoms with Crippen LogP contribution in [0.1, 0.15) is 4.88 Å². The zero-order valence-corrected chi connectivity index (χ0v) is 10.0. The molecular formula is C9H9BrClNS. The smallest absolute Gasteiger partial charge is 0.0346 e. The molecule has 1 aromatic carbocycles. The molecule has 0 spiro atoms. The van der Waals surface area contributed by atoms with Crippen LogP contribution < -0.4 is 5.73 Å². The van der Waals surface area contributed by atoms with E-state index in [2.05, 4.69) is 40.2 Å². The quantitative estimate of drug-likeness (QED) is 0.848. The maximum Gasteiger partial charge on any atom is 0.0346 e. The summed E-state index contributed by atoms with van der Waals surface area (Å²) in [4.78, 5) is 1.24. The lowest BCUT2D eigenvalue weighted by molar-refractivity contribution is 1.11. The van der Waals surface area contributed by atoms with Gasteiger partial charge in [-0.15, -0.1) is 23.7 Å². The highest BCUT2D eigenvalue weighted by Gasteiger charge is 1.99. The molecule has 4 heteroatoms. The average Bonchev–Trinajstić information content (AvgIpc) is 2.46. The molecule has 0 unspecified atom stereocenters. The Morgan fingerprint density at radius 2 is 2.08 bits per heavy atom. The first kappa shape index (κ1) is 11.0. The Morgan fingerprint density at radius 3 is 2.77 bits per heavy atom. The van der Waals surface area contributed by atoms with Gasteiger partial charge >= 0.3 is 0 Å². The molecule has 0 radical (unpaired) electrons. The lowest BCUT2D eigenvalue weighted by atomic mass is 10.2. The van der Waals surface area contributed by atoms with Crippen LogP contribution >= 0.6 is 39.7 Å². The molecular weight excluding hydrogens is 270 g/mol. The molecule has 0 aliphatic heterocycles. The van der Waals surface area contributed by atoms with E-state index in [9.17, 15) is 0 Å². The highest BCUT2D eigenvalue weighted by Crippen LogP contribution is 2.27. The maximum absolute atomic E-state index is 5.55. The summed E-state index contributed by atoms with van der Waals surface area (Å²) < 4.78 is 2.43. The molecule has 2 rings (SSSR count). The first-order valence-electron chi connectivity index (χ1n) is 3.67. The molecule has 13 heavy (non-hydrogen) atoms. The van der Waals surface area contributed by atoms with Crippen molar-refractivity contribution in [1.82, 2.24) is 0 Å². The summed E-state index contributed by atoms with van der Waals surface area (Å²) in [5.41, 5.74) is 5.55.